The number of rotatable bonds is 8. The largest absolute Gasteiger partial charge is 0.464 e. The summed E-state index contributed by atoms with van der Waals surface area (Å²) in [7, 11) is 0. The zero-order chi connectivity index (χ0) is 39.2. The highest BCUT2D eigenvalue weighted by Crippen LogP contribution is 2.44. The van der Waals surface area contributed by atoms with Gasteiger partial charge in [-0.25, -0.2) is 0 Å². The topological polar surface area (TPSA) is 42.9 Å². The van der Waals surface area contributed by atoms with Crippen LogP contribution in [0.4, 0.5) is 17.1 Å². The van der Waals surface area contributed by atoms with Gasteiger partial charge in [0.1, 0.15) is 16.9 Å². The maximum Gasteiger partial charge on any atom is 0.137 e. The quantitative estimate of drug-likeness (QED) is 0.145. The smallest absolute Gasteiger partial charge is 0.137 e. The third-order valence-electron chi connectivity index (χ3n) is 11.1. The highest BCUT2D eigenvalue weighted by molar-refractivity contribution is 6.14. The Morgan fingerprint density at radius 1 is 0.690 bits per heavy atom. The maximum absolute atomic E-state index is 6.75. The first kappa shape index (κ1) is 35.1. The van der Waals surface area contributed by atoms with Crippen molar-refractivity contribution >= 4 is 72.1 Å². The number of furan rings is 1. The van der Waals surface area contributed by atoms with Crippen molar-refractivity contribution in [3.05, 3.63) is 205 Å². The van der Waals surface area contributed by atoms with Gasteiger partial charge in [-0.3, -0.25) is 4.99 Å². The summed E-state index contributed by atoms with van der Waals surface area (Å²) in [6.45, 7) is 8.81. The molecule has 0 amide bonds. The number of allylic oxidation sites excluding steroid dienone is 3. The molecule has 0 bridgehead atoms. The van der Waals surface area contributed by atoms with Gasteiger partial charge in [0.2, 0.25) is 0 Å². The fourth-order valence-corrected chi connectivity index (χ4v) is 8.39. The summed E-state index contributed by atoms with van der Waals surface area (Å²) in [6.07, 6.45) is 7.85. The van der Waals surface area contributed by atoms with Gasteiger partial charge in [0, 0.05) is 56.3 Å². The molecule has 3 heterocycles. The first-order valence-electron chi connectivity index (χ1n) is 19.9. The number of hydrogen-bond donors (Lipinski definition) is 0. The average molecular weight is 752 g/mol. The van der Waals surface area contributed by atoms with Crippen molar-refractivity contribution in [1.29, 1.82) is 0 Å². The molecule has 5 nitrogen and oxygen atoms in total. The Kier molecular flexibility index (Phi) is 8.83. The molecule has 10 rings (SSSR count). The molecule has 0 atom stereocenters. The SMILES string of the molecule is C=C1/C=C(N(c2ccc3c(c2)oc2ccc(CCC)c(N=C(C)c4ccccc4)c23)c2ccc3c4ccccc4n(-c4ccccc4)c3c2)\C=C/Oc2ccccc21. The Morgan fingerprint density at radius 2 is 1.40 bits per heavy atom. The third-order valence-corrected chi connectivity index (χ3v) is 11.1. The normalized spacial score (nSPS) is 14.6. The van der Waals surface area contributed by atoms with Gasteiger partial charge in [-0.2, -0.15) is 0 Å². The summed E-state index contributed by atoms with van der Waals surface area (Å²) in [5.74, 6) is 0.770. The monoisotopic (exact) mass is 751 g/mol. The number of anilines is 2. The molecular formula is C53H41N3O2. The zero-order valence-corrected chi connectivity index (χ0v) is 32.5. The second-order valence-electron chi connectivity index (χ2n) is 14.8. The summed E-state index contributed by atoms with van der Waals surface area (Å²) in [4.78, 5) is 7.57. The third kappa shape index (κ3) is 6.09. The van der Waals surface area contributed by atoms with Gasteiger partial charge in [0.25, 0.3) is 0 Å². The van der Waals surface area contributed by atoms with Crippen LogP contribution in [0, 0.1) is 0 Å². The number of ether oxygens (including phenoxy) is 1. The first-order chi connectivity index (χ1) is 28.6. The van der Waals surface area contributed by atoms with Gasteiger partial charge < -0.3 is 18.6 Å². The Hall–Kier alpha value is -7.37. The fourth-order valence-electron chi connectivity index (χ4n) is 8.39. The average Bonchev–Trinajstić information content (AvgIpc) is 3.80. The lowest BCUT2D eigenvalue weighted by Gasteiger charge is -2.28. The van der Waals surface area contributed by atoms with Crippen LogP contribution in [-0.4, -0.2) is 10.3 Å². The van der Waals surface area contributed by atoms with Crippen LogP contribution in [-0.2, 0) is 6.42 Å². The molecule has 7 aromatic carbocycles. The summed E-state index contributed by atoms with van der Waals surface area (Å²) >= 11 is 0. The number of fused-ring (bicyclic) bond motifs is 7. The second kappa shape index (κ2) is 14.6. The molecule has 0 fully saturated rings. The summed E-state index contributed by atoms with van der Waals surface area (Å²) in [5.41, 5.74) is 13.8. The van der Waals surface area contributed by atoms with Crippen LogP contribution in [0.3, 0.4) is 0 Å². The van der Waals surface area contributed by atoms with Crippen molar-refractivity contribution < 1.29 is 9.15 Å². The predicted octanol–water partition coefficient (Wildman–Crippen LogP) is 14.4. The summed E-state index contributed by atoms with van der Waals surface area (Å²) in [6, 6.07) is 55.1. The predicted molar refractivity (Wildman–Crippen MR) is 242 cm³/mol. The number of aryl methyl sites for hydroxylation is 1. The van der Waals surface area contributed by atoms with Crippen LogP contribution in [0.1, 0.15) is 37.0 Å². The van der Waals surface area contributed by atoms with Crippen LogP contribution in [0.25, 0.3) is 55.0 Å². The molecule has 9 aromatic rings. The lowest BCUT2D eigenvalue weighted by molar-refractivity contribution is 0.479. The fraction of sp³-hybridized carbons (Fsp3) is 0.0755. The zero-order valence-electron chi connectivity index (χ0n) is 32.5. The molecule has 0 saturated heterocycles. The Labute approximate surface area is 337 Å². The molecule has 0 saturated carbocycles. The van der Waals surface area contributed by atoms with Crippen molar-refractivity contribution in [2.24, 2.45) is 4.99 Å². The van der Waals surface area contributed by atoms with E-state index in [1.54, 1.807) is 6.26 Å². The minimum atomic E-state index is 0.770. The van der Waals surface area contributed by atoms with E-state index in [1.807, 2.05) is 36.4 Å². The van der Waals surface area contributed by atoms with E-state index in [1.165, 1.54) is 16.3 Å². The molecule has 1 aliphatic heterocycles. The standard InChI is InChI=1S/C53H41N3O2/c1-4-15-38-24-29-50-52(53(38)54-36(3)37-16-7-5-8-17-37)46-28-26-41(34-51(46)58-50)55(42-30-31-57-49-23-14-12-20-43(49)35(2)32-42)40-25-27-45-44-21-11-13-22-47(44)56(48(45)33-40)39-18-9-6-10-19-39/h5-14,16-34H,2,4,15H2,1,3H3/b31-30-,42-32+,54-36?. The molecule has 280 valence electrons. The van der Waals surface area contributed by atoms with Gasteiger partial charge in [0.15, 0.2) is 0 Å². The van der Waals surface area contributed by atoms with Crippen molar-refractivity contribution in [2.45, 2.75) is 26.7 Å². The highest BCUT2D eigenvalue weighted by Gasteiger charge is 2.22. The van der Waals surface area contributed by atoms with Gasteiger partial charge in [0.05, 0.1) is 28.4 Å². The number of nitrogens with zero attached hydrogens (tertiary/aromatic N) is 3. The lowest BCUT2D eigenvalue weighted by Crippen LogP contribution is -2.16. The number of aliphatic imine (C=N–C) groups is 1. The number of hydrogen-bond acceptors (Lipinski definition) is 4. The highest BCUT2D eigenvalue weighted by atomic mass is 16.5. The van der Waals surface area contributed by atoms with Gasteiger partial charge in [-0.1, -0.05) is 117 Å². The summed E-state index contributed by atoms with van der Waals surface area (Å²) in [5, 5.41) is 4.45. The van der Waals surface area contributed by atoms with Crippen LogP contribution < -0.4 is 9.64 Å². The molecule has 1 aliphatic rings. The maximum atomic E-state index is 6.75. The van der Waals surface area contributed by atoms with Crippen LogP contribution in [0.5, 0.6) is 5.75 Å². The van der Waals surface area contributed by atoms with Crippen LogP contribution in [0.2, 0.25) is 0 Å². The second-order valence-corrected chi connectivity index (χ2v) is 14.8. The van der Waals surface area contributed by atoms with Gasteiger partial charge >= 0.3 is 0 Å². The molecule has 0 N–H and O–H groups in total. The molecule has 58 heavy (non-hydrogen) atoms. The van der Waals surface area contributed by atoms with E-state index < -0.39 is 0 Å². The Morgan fingerprint density at radius 3 is 2.22 bits per heavy atom. The lowest BCUT2D eigenvalue weighted by atomic mass is 10.0. The van der Waals surface area contributed by atoms with E-state index in [9.17, 15) is 0 Å². The summed E-state index contributed by atoms with van der Waals surface area (Å²) < 4.78 is 15.3. The van der Waals surface area contributed by atoms with Crippen molar-refractivity contribution in [3.63, 3.8) is 0 Å². The molecular weight excluding hydrogens is 711 g/mol. The van der Waals surface area contributed by atoms with Crippen molar-refractivity contribution in [3.8, 4) is 11.4 Å². The van der Waals surface area contributed by atoms with Crippen molar-refractivity contribution in [1.82, 2.24) is 4.57 Å². The molecule has 2 aromatic heterocycles. The number of para-hydroxylation sites is 3. The number of aromatic nitrogens is 1. The van der Waals surface area contributed by atoms with Gasteiger partial charge in [-0.15, -0.1) is 0 Å². The van der Waals surface area contributed by atoms with Gasteiger partial charge in [-0.05, 0) is 96.8 Å². The molecule has 0 radical (unpaired) electrons. The first-order valence-corrected chi connectivity index (χ1v) is 19.9. The van der Waals surface area contributed by atoms with Crippen molar-refractivity contribution in [2.75, 3.05) is 4.90 Å². The van der Waals surface area contributed by atoms with Crippen LogP contribution in [0.15, 0.2) is 198 Å². The Bertz CT molecular complexity index is 3130. The Balaban J connectivity index is 1.19. The van der Waals surface area contributed by atoms with E-state index in [2.05, 4.69) is 163 Å². The molecule has 5 heteroatoms. The van der Waals surface area contributed by atoms with E-state index in [-0.39, 0.29) is 0 Å². The van der Waals surface area contributed by atoms with Crippen LogP contribution >= 0.6 is 0 Å². The minimum Gasteiger partial charge on any atom is -0.464 e. The van der Waals surface area contributed by atoms with E-state index in [0.29, 0.717) is 0 Å². The molecule has 0 spiro atoms. The molecule has 0 aliphatic carbocycles. The number of benzene rings is 7. The van der Waals surface area contributed by atoms with E-state index in [0.717, 1.165) is 102 Å². The van der Waals surface area contributed by atoms with E-state index >= 15 is 0 Å². The van der Waals surface area contributed by atoms with E-state index in [4.69, 9.17) is 14.1 Å². The molecule has 0 unspecified atom stereocenters. The minimum absolute atomic E-state index is 0.770.